The first-order valence-electron chi connectivity index (χ1n) is 9.85. The van der Waals surface area contributed by atoms with Crippen LogP contribution in [0.2, 0.25) is 5.02 Å². The molecule has 1 heterocycles. The molecule has 0 N–H and O–H groups in total. The number of unbranched alkanes of at least 4 members (excludes halogenated alkanes) is 6. The van der Waals surface area contributed by atoms with Crippen molar-refractivity contribution in [2.45, 2.75) is 78.1 Å². The lowest BCUT2D eigenvalue weighted by Gasteiger charge is -2.09. The predicted octanol–water partition coefficient (Wildman–Crippen LogP) is 7.04. The van der Waals surface area contributed by atoms with Gasteiger partial charge in [-0.05, 0) is 37.5 Å². The zero-order valence-corrected chi connectivity index (χ0v) is 16.5. The van der Waals surface area contributed by atoms with Gasteiger partial charge in [0.1, 0.15) is 5.82 Å². The largest absolute Gasteiger partial charge is 0.238 e. The van der Waals surface area contributed by atoms with E-state index < -0.39 is 0 Å². The number of halogens is 1. The average Bonchev–Trinajstić information content (AvgIpc) is 2.63. The highest BCUT2D eigenvalue weighted by Crippen LogP contribution is 2.22. The Morgan fingerprint density at radius 3 is 2.16 bits per heavy atom. The zero-order valence-electron chi connectivity index (χ0n) is 15.7. The third-order valence-electron chi connectivity index (χ3n) is 4.51. The number of aryl methyl sites for hydroxylation is 2. The highest BCUT2D eigenvalue weighted by Gasteiger charge is 2.07. The second-order valence-electron chi connectivity index (χ2n) is 6.79. The molecule has 3 heteroatoms. The molecule has 0 amide bonds. The van der Waals surface area contributed by atoms with E-state index in [0.717, 1.165) is 41.4 Å². The minimum Gasteiger partial charge on any atom is -0.238 e. The molecule has 0 saturated carbocycles. The molecule has 136 valence electrons. The van der Waals surface area contributed by atoms with Gasteiger partial charge in [0.05, 0.1) is 5.69 Å². The molecule has 25 heavy (non-hydrogen) atoms. The van der Waals surface area contributed by atoms with Gasteiger partial charge in [0.15, 0.2) is 0 Å². The Labute approximate surface area is 158 Å². The van der Waals surface area contributed by atoms with Crippen LogP contribution in [-0.4, -0.2) is 9.97 Å². The number of hydrogen-bond acceptors (Lipinski definition) is 2. The number of nitrogens with zero attached hydrogens (tertiary/aromatic N) is 2. The van der Waals surface area contributed by atoms with E-state index in [1.165, 1.54) is 50.6 Å². The number of benzene rings is 1. The highest BCUT2D eigenvalue weighted by atomic mass is 35.5. The monoisotopic (exact) mass is 358 g/mol. The van der Waals surface area contributed by atoms with E-state index in [1.807, 2.05) is 24.3 Å². The summed E-state index contributed by atoms with van der Waals surface area (Å²) in [5.74, 6) is 0.982. The van der Waals surface area contributed by atoms with E-state index in [2.05, 4.69) is 19.9 Å². The Hall–Kier alpha value is -1.41. The number of aromatic nitrogens is 2. The fourth-order valence-electron chi connectivity index (χ4n) is 2.98. The Balaban J connectivity index is 2.06. The van der Waals surface area contributed by atoms with Crippen molar-refractivity contribution in [2.24, 2.45) is 0 Å². The van der Waals surface area contributed by atoms with Crippen LogP contribution < -0.4 is 0 Å². The van der Waals surface area contributed by atoms with Gasteiger partial charge in [0, 0.05) is 22.7 Å². The van der Waals surface area contributed by atoms with Gasteiger partial charge in [-0.15, -0.1) is 0 Å². The van der Waals surface area contributed by atoms with Gasteiger partial charge in [0.2, 0.25) is 0 Å². The van der Waals surface area contributed by atoms with E-state index in [0.29, 0.717) is 0 Å². The molecule has 0 radical (unpaired) electrons. The first kappa shape index (κ1) is 19.9. The molecular formula is C22H31ClN2. The highest BCUT2D eigenvalue weighted by molar-refractivity contribution is 6.30. The molecule has 1 aromatic heterocycles. The molecule has 0 aliphatic rings. The summed E-state index contributed by atoms with van der Waals surface area (Å²) in [4.78, 5) is 9.60. The third-order valence-corrected chi connectivity index (χ3v) is 4.76. The van der Waals surface area contributed by atoms with Crippen molar-refractivity contribution in [3.63, 3.8) is 0 Å². The second kappa shape index (κ2) is 11.3. The van der Waals surface area contributed by atoms with Crippen LogP contribution in [0.4, 0.5) is 0 Å². The molecular weight excluding hydrogens is 328 g/mol. The van der Waals surface area contributed by atoms with Crippen molar-refractivity contribution >= 4 is 11.6 Å². The van der Waals surface area contributed by atoms with Crippen molar-refractivity contribution in [3.8, 4) is 11.3 Å². The van der Waals surface area contributed by atoms with Crippen LogP contribution in [-0.2, 0) is 12.8 Å². The lowest BCUT2D eigenvalue weighted by Crippen LogP contribution is -2.02. The van der Waals surface area contributed by atoms with Crippen molar-refractivity contribution in [1.29, 1.82) is 0 Å². The molecule has 0 bridgehead atoms. The van der Waals surface area contributed by atoms with E-state index in [-0.39, 0.29) is 0 Å². The molecule has 0 aliphatic heterocycles. The van der Waals surface area contributed by atoms with Gasteiger partial charge in [-0.1, -0.05) is 76.1 Å². The standard InChI is InChI=1S/C22H31ClN2/c1-3-5-7-8-9-10-11-20-17-21(18-13-15-19(23)16-14-18)25-22(24-20)12-6-4-2/h13-17H,3-12H2,1-2H3. The first-order valence-corrected chi connectivity index (χ1v) is 10.2. The topological polar surface area (TPSA) is 25.8 Å². The number of hydrogen-bond donors (Lipinski definition) is 0. The molecule has 0 saturated heterocycles. The summed E-state index contributed by atoms with van der Waals surface area (Å²) in [7, 11) is 0. The lowest BCUT2D eigenvalue weighted by atomic mass is 10.1. The Morgan fingerprint density at radius 1 is 0.760 bits per heavy atom. The minimum absolute atomic E-state index is 0.760. The molecule has 0 unspecified atom stereocenters. The van der Waals surface area contributed by atoms with E-state index in [4.69, 9.17) is 21.6 Å². The van der Waals surface area contributed by atoms with Gasteiger partial charge in [0.25, 0.3) is 0 Å². The van der Waals surface area contributed by atoms with E-state index in [9.17, 15) is 0 Å². The van der Waals surface area contributed by atoms with Gasteiger partial charge in [-0.25, -0.2) is 9.97 Å². The van der Waals surface area contributed by atoms with E-state index >= 15 is 0 Å². The molecule has 0 fully saturated rings. The van der Waals surface area contributed by atoms with Crippen LogP contribution in [0.5, 0.6) is 0 Å². The summed E-state index contributed by atoms with van der Waals surface area (Å²) in [6, 6.07) is 10.1. The molecule has 0 spiro atoms. The molecule has 2 nitrogen and oxygen atoms in total. The van der Waals surface area contributed by atoms with Crippen molar-refractivity contribution in [1.82, 2.24) is 9.97 Å². The summed E-state index contributed by atoms with van der Waals surface area (Å²) in [6.07, 6.45) is 12.2. The summed E-state index contributed by atoms with van der Waals surface area (Å²) in [5.41, 5.74) is 3.33. The van der Waals surface area contributed by atoms with Crippen molar-refractivity contribution < 1.29 is 0 Å². The fraction of sp³-hybridized carbons (Fsp3) is 0.545. The Bertz CT molecular complexity index is 622. The van der Waals surface area contributed by atoms with Crippen LogP contribution in [0, 0.1) is 0 Å². The minimum atomic E-state index is 0.760. The van der Waals surface area contributed by atoms with E-state index in [1.54, 1.807) is 0 Å². The predicted molar refractivity (Wildman–Crippen MR) is 108 cm³/mol. The lowest BCUT2D eigenvalue weighted by molar-refractivity contribution is 0.603. The van der Waals surface area contributed by atoms with Crippen molar-refractivity contribution in [3.05, 3.63) is 46.9 Å². The fourth-order valence-corrected chi connectivity index (χ4v) is 3.11. The average molecular weight is 359 g/mol. The second-order valence-corrected chi connectivity index (χ2v) is 7.23. The normalized spacial score (nSPS) is 11.0. The van der Waals surface area contributed by atoms with Crippen LogP contribution in [0.1, 0.15) is 76.7 Å². The van der Waals surface area contributed by atoms with Gasteiger partial charge >= 0.3 is 0 Å². The Morgan fingerprint density at radius 2 is 1.44 bits per heavy atom. The summed E-state index contributed by atoms with van der Waals surface area (Å²) < 4.78 is 0. The molecule has 0 atom stereocenters. The summed E-state index contributed by atoms with van der Waals surface area (Å²) in [6.45, 7) is 4.47. The maximum absolute atomic E-state index is 6.02. The van der Waals surface area contributed by atoms with Crippen LogP contribution in [0.25, 0.3) is 11.3 Å². The maximum Gasteiger partial charge on any atom is 0.129 e. The molecule has 2 rings (SSSR count). The van der Waals surface area contributed by atoms with Gasteiger partial charge in [-0.2, -0.15) is 0 Å². The van der Waals surface area contributed by atoms with Crippen molar-refractivity contribution in [2.75, 3.05) is 0 Å². The summed E-state index contributed by atoms with van der Waals surface area (Å²) >= 11 is 6.02. The smallest absolute Gasteiger partial charge is 0.129 e. The number of rotatable bonds is 11. The maximum atomic E-state index is 6.02. The first-order chi connectivity index (χ1) is 12.2. The third kappa shape index (κ3) is 7.15. The van der Waals surface area contributed by atoms with Crippen LogP contribution in [0.3, 0.4) is 0 Å². The molecule has 0 aliphatic carbocycles. The SMILES string of the molecule is CCCCCCCCc1cc(-c2ccc(Cl)cc2)nc(CCCC)n1. The van der Waals surface area contributed by atoms with Crippen LogP contribution in [0.15, 0.2) is 30.3 Å². The molecule has 2 aromatic rings. The van der Waals surface area contributed by atoms with Crippen LogP contribution >= 0.6 is 11.6 Å². The van der Waals surface area contributed by atoms with Gasteiger partial charge < -0.3 is 0 Å². The molecule has 1 aromatic carbocycles. The Kier molecular flexibility index (Phi) is 8.96. The van der Waals surface area contributed by atoms with Gasteiger partial charge in [-0.3, -0.25) is 0 Å². The zero-order chi connectivity index (χ0) is 17.9. The summed E-state index contributed by atoms with van der Waals surface area (Å²) in [5, 5.41) is 0.760. The quantitative estimate of drug-likeness (QED) is 0.402.